The van der Waals surface area contributed by atoms with Crippen molar-refractivity contribution in [1.82, 2.24) is 9.88 Å². The van der Waals surface area contributed by atoms with Crippen molar-refractivity contribution in [3.8, 4) is 0 Å². The Bertz CT molecular complexity index is 334. The number of ether oxygens (including phenoxy) is 1. The number of nitrogens with zero attached hydrogens (tertiary/aromatic N) is 1. The van der Waals surface area contributed by atoms with Crippen LogP contribution in [-0.4, -0.2) is 24.2 Å². The molecule has 1 aromatic rings. The van der Waals surface area contributed by atoms with E-state index in [1.807, 2.05) is 23.0 Å². The number of methoxy groups -OCH3 is 1. The summed E-state index contributed by atoms with van der Waals surface area (Å²) in [4.78, 5) is 11.1. The zero-order chi connectivity index (χ0) is 12.0. The van der Waals surface area contributed by atoms with E-state index in [2.05, 4.69) is 23.9 Å². The second kappa shape index (κ2) is 6.33. The summed E-state index contributed by atoms with van der Waals surface area (Å²) in [7, 11) is 1.40. The molecule has 16 heavy (non-hydrogen) atoms. The van der Waals surface area contributed by atoms with Crippen molar-refractivity contribution >= 4 is 5.97 Å². The van der Waals surface area contributed by atoms with Crippen LogP contribution in [0.3, 0.4) is 0 Å². The van der Waals surface area contributed by atoms with Gasteiger partial charge >= 0.3 is 5.97 Å². The highest BCUT2D eigenvalue weighted by Gasteiger charge is 2.07. The van der Waals surface area contributed by atoms with Gasteiger partial charge in [-0.3, -0.25) is 4.79 Å². The fraction of sp³-hybridized carbons (Fsp3) is 0.583. The van der Waals surface area contributed by atoms with Crippen molar-refractivity contribution in [2.75, 3.05) is 13.7 Å². The molecular weight excluding hydrogens is 204 g/mol. The number of hydrogen-bond acceptors (Lipinski definition) is 3. The molecule has 0 aliphatic carbocycles. The normalized spacial score (nSPS) is 12.4. The van der Waals surface area contributed by atoms with Gasteiger partial charge in [0.15, 0.2) is 0 Å². The Morgan fingerprint density at radius 2 is 2.38 bits per heavy atom. The second-order valence-corrected chi connectivity index (χ2v) is 3.87. The van der Waals surface area contributed by atoms with E-state index in [-0.39, 0.29) is 12.5 Å². The molecule has 1 aromatic heterocycles. The zero-order valence-electron chi connectivity index (χ0n) is 10.2. The summed E-state index contributed by atoms with van der Waals surface area (Å²) < 4.78 is 6.45. The molecule has 0 aromatic carbocycles. The first-order valence-corrected chi connectivity index (χ1v) is 5.63. The van der Waals surface area contributed by atoms with Crippen LogP contribution in [0.2, 0.25) is 0 Å². The van der Waals surface area contributed by atoms with Crippen LogP contribution in [0.15, 0.2) is 18.5 Å². The molecule has 1 heterocycles. The minimum Gasteiger partial charge on any atom is -0.468 e. The number of nitrogens with one attached hydrogen (secondary N) is 1. The van der Waals surface area contributed by atoms with Crippen LogP contribution in [0.4, 0.5) is 0 Å². The molecule has 90 valence electrons. The van der Waals surface area contributed by atoms with Gasteiger partial charge in [-0.2, -0.15) is 0 Å². The molecule has 0 spiro atoms. The Kier molecular flexibility index (Phi) is 5.05. The molecule has 0 bridgehead atoms. The number of hydrogen-bond donors (Lipinski definition) is 1. The lowest BCUT2D eigenvalue weighted by molar-refractivity contribution is -0.141. The monoisotopic (exact) mass is 224 g/mol. The highest BCUT2D eigenvalue weighted by Crippen LogP contribution is 2.12. The van der Waals surface area contributed by atoms with Crippen LogP contribution in [0.25, 0.3) is 0 Å². The third-order valence-electron chi connectivity index (χ3n) is 2.51. The Morgan fingerprint density at radius 3 is 3.00 bits per heavy atom. The fourth-order valence-electron chi connectivity index (χ4n) is 1.51. The van der Waals surface area contributed by atoms with Crippen LogP contribution in [0.1, 0.15) is 31.9 Å². The summed E-state index contributed by atoms with van der Waals surface area (Å²) in [5, 5.41) is 3.40. The topological polar surface area (TPSA) is 43.3 Å². The third kappa shape index (κ3) is 3.70. The molecule has 0 fully saturated rings. The summed E-state index contributed by atoms with van der Waals surface area (Å²) in [6.07, 6.45) is 4.99. The van der Waals surface area contributed by atoms with Gasteiger partial charge in [0.25, 0.3) is 0 Å². The summed E-state index contributed by atoms with van der Waals surface area (Å²) in [6, 6.07) is 2.34. The van der Waals surface area contributed by atoms with Crippen molar-refractivity contribution in [2.45, 2.75) is 32.9 Å². The molecule has 1 N–H and O–H groups in total. The maximum absolute atomic E-state index is 11.1. The van der Waals surface area contributed by atoms with E-state index < -0.39 is 0 Å². The number of esters is 1. The van der Waals surface area contributed by atoms with Crippen molar-refractivity contribution in [3.05, 3.63) is 24.0 Å². The number of carbonyl (C=O) groups excluding carboxylic acids is 1. The first-order valence-electron chi connectivity index (χ1n) is 5.63. The predicted octanol–water partition coefficient (Wildman–Crippen LogP) is 1.72. The van der Waals surface area contributed by atoms with E-state index in [1.54, 1.807) is 0 Å². The molecule has 1 unspecified atom stereocenters. The lowest BCUT2D eigenvalue weighted by atomic mass is 10.2. The Hall–Kier alpha value is -1.29. The number of carbonyl (C=O) groups is 1. The van der Waals surface area contributed by atoms with Gasteiger partial charge < -0.3 is 14.6 Å². The third-order valence-corrected chi connectivity index (χ3v) is 2.51. The van der Waals surface area contributed by atoms with Gasteiger partial charge in [-0.15, -0.1) is 0 Å². The molecule has 1 rings (SSSR count). The van der Waals surface area contributed by atoms with E-state index in [0.29, 0.717) is 6.04 Å². The van der Waals surface area contributed by atoms with Crippen LogP contribution >= 0.6 is 0 Å². The minimum absolute atomic E-state index is 0.226. The van der Waals surface area contributed by atoms with Crippen LogP contribution in [-0.2, 0) is 16.1 Å². The first kappa shape index (κ1) is 12.8. The van der Waals surface area contributed by atoms with Gasteiger partial charge in [0.1, 0.15) is 6.54 Å². The van der Waals surface area contributed by atoms with Crippen LogP contribution < -0.4 is 5.32 Å². The van der Waals surface area contributed by atoms with Crippen molar-refractivity contribution in [1.29, 1.82) is 0 Å². The Balaban J connectivity index is 2.53. The van der Waals surface area contributed by atoms with E-state index in [1.165, 1.54) is 12.7 Å². The van der Waals surface area contributed by atoms with Gasteiger partial charge in [-0.1, -0.05) is 6.92 Å². The fourth-order valence-corrected chi connectivity index (χ4v) is 1.51. The Labute approximate surface area is 96.6 Å². The maximum atomic E-state index is 11.1. The molecule has 0 aliphatic rings. The van der Waals surface area contributed by atoms with Crippen LogP contribution in [0.5, 0.6) is 0 Å². The Morgan fingerprint density at radius 1 is 1.62 bits per heavy atom. The van der Waals surface area contributed by atoms with Crippen molar-refractivity contribution in [2.24, 2.45) is 0 Å². The smallest absolute Gasteiger partial charge is 0.325 e. The largest absolute Gasteiger partial charge is 0.468 e. The lowest BCUT2D eigenvalue weighted by Crippen LogP contribution is -2.18. The lowest BCUT2D eigenvalue weighted by Gasteiger charge is -2.11. The molecule has 0 aliphatic heterocycles. The van der Waals surface area contributed by atoms with Gasteiger partial charge in [0.2, 0.25) is 0 Å². The highest BCUT2D eigenvalue weighted by molar-refractivity contribution is 5.68. The quantitative estimate of drug-likeness (QED) is 0.748. The average Bonchev–Trinajstić information content (AvgIpc) is 2.74. The van der Waals surface area contributed by atoms with E-state index in [9.17, 15) is 4.79 Å². The molecular formula is C12H20N2O2. The van der Waals surface area contributed by atoms with E-state index in [0.717, 1.165) is 13.0 Å². The van der Waals surface area contributed by atoms with Gasteiger partial charge in [-0.05, 0) is 31.5 Å². The minimum atomic E-state index is -0.226. The summed E-state index contributed by atoms with van der Waals surface area (Å²) in [5.41, 5.74) is 1.19. The summed E-state index contributed by atoms with van der Waals surface area (Å²) in [5.74, 6) is -0.226. The maximum Gasteiger partial charge on any atom is 0.325 e. The molecule has 0 saturated heterocycles. The van der Waals surface area contributed by atoms with Gasteiger partial charge in [0, 0.05) is 18.4 Å². The SMILES string of the molecule is CCCNC(C)c1ccn(CC(=O)OC)c1. The number of rotatable bonds is 6. The molecule has 0 amide bonds. The second-order valence-electron chi connectivity index (χ2n) is 3.87. The summed E-state index contributed by atoms with van der Waals surface area (Å²) in [6.45, 7) is 5.54. The predicted molar refractivity (Wildman–Crippen MR) is 63.2 cm³/mol. The highest BCUT2D eigenvalue weighted by atomic mass is 16.5. The van der Waals surface area contributed by atoms with Gasteiger partial charge in [-0.25, -0.2) is 0 Å². The first-order chi connectivity index (χ1) is 7.67. The number of aromatic nitrogens is 1. The molecule has 4 nitrogen and oxygen atoms in total. The molecule has 1 atom stereocenters. The van der Waals surface area contributed by atoms with E-state index in [4.69, 9.17) is 0 Å². The average molecular weight is 224 g/mol. The molecule has 0 radical (unpaired) electrons. The zero-order valence-corrected chi connectivity index (χ0v) is 10.2. The van der Waals surface area contributed by atoms with Gasteiger partial charge in [0.05, 0.1) is 7.11 Å². The van der Waals surface area contributed by atoms with E-state index >= 15 is 0 Å². The standard InChI is InChI=1S/C12H20N2O2/c1-4-6-13-10(2)11-5-7-14(8-11)9-12(15)16-3/h5,7-8,10,13H,4,6,9H2,1-3H3. The molecule has 0 saturated carbocycles. The molecule has 4 heteroatoms. The van der Waals surface area contributed by atoms with Crippen molar-refractivity contribution < 1.29 is 9.53 Å². The van der Waals surface area contributed by atoms with Crippen LogP contribution in [0, 0.1) is 0 Å². The van der Waals surface area contributed by atoms with Crippen molar-refractivity contribution in [3.63, 3.8) is 0 Å². The summed E-state index contributed by atoms with van der Waals surface area (Å²) >= 11 is 0.